The third kappa shape index (κ3) is 3.78. The van der Waals surface area contributed by atoms with Gasteiger partial charge in [0.1, 0.15) is 6.04 Å². The summed E-state index contributed by atoms with van der Waals surface area (Å²) in [6, 6.07) is 10.5. The molecule has 5 fully saturated rings. The molecular formula is C29H40N4O2. The van der Waals surface area contributed by atoms with E-state index in [1.807, 2.05) is 0 Å². The molecule has 6 nitrogen and oxygen atoms in total. The summed E-state index contributed by atoms with van der Waals surface area (Å²) in [6.45, 7) is 0.789. The molecule has 2 unspecified atom stereocenters. The molecule has 2 aromatic rings. The van der Waals surface area contributed by atoms with Crippen LogP contribution in [0.2, 0.25) is 0 Å². The van der Waals surface area contributed by atoms with E-state index in [9.17, 15) is 9.90 Å². The maximum absolute atomic E-state index is 12.1. The molecular weight excluding hydrogens is 436 g/mol. The normalized spacial score (nSPS) is 37.6. The summed E-state index contributed by atoms with van der Waals surface area (Å²) in [5.41, 5.74) is 2.19. The molecule has 188 valence electrons. The van der Waals surface area contributed by atoms with Crippen molar-refractivity contribution in [2.45, 2.75) is 114 Å². The third-order valence-corrected chi connectivity index (χ3v) is 10.3. The first-order valence-electron chi connectivity index (χ1n) is 14.4. The number of anilines is 1. The molecule has 2 aliphatic carbocycles. The van der Waals surface area contributed by atoms with E-state index in [0.29, 0.717) is 24.5 Å². The number of carbonyl (C=O) groups is 1. The zero-order valence-electron chi connectivity index (χ0n) is 20.9. The first-order valence-corrected chi connectivity index (χ1v) is 14.4. The van der Waals surface area contributed by atoms with Crippen LogP contribution in [0.4, 0.5) is 5.95 Å². The second-order valence-electron chi connectivity index (χ2n) is 12.3. The van der Waals surface area contributed by atoms with Gasteiger partial charge in [-0.25, -0.2) is 9.78 Å². The number of benzene rings is 1. The number of para-hydroxylation sites is 2. The van der Waals surface area contributed by atoms with Gasteiger partial charge in [0.25, 0.3) is 0 Å². The zero-order chi connectivity index (χ0) is 23.5. The Morgan fingerprint density at radius 1 is 0.800 bits per heavy atom. The summed E-state index contributed by atoms with van der Waals surface area (Å²) in [4.78, 5) is 22.2. The number of hydrogen-bond donors (Lipinski definition) is 1. The molecule has 0 spiro atoms. The summed E-state index contributed by atoms with van der Waals surface area (Å²) in [5.74, 6) is 2.13. The standard InChI is InChI=1S/C29H40N4O2/c34-28(35)27-12-5-13-31(27)29-30-25-10-1-2-11-26(25)33(29)24-17-21-8-4-9-22(18-24)32(21)23-15-19-6-3-7-20(14-19)16-23/h1-2,10-11,19-24,27H,3-9,12-18H2,(H,34,35)/t19-,20+,21-,22+,23?,24?,27-/m0/s1. The number of imidazole rings is 1. The predicted octanol–water partition coefficient (Wildman–Crippen LogP) is 5.62. The first kappa shape index (κ1) is 22.1. The highest BCUT2D eigenvalue weighted by atomic mass is 16.4. The number of piperidine rings is 2. The van der Waals surface area contributed by atoms with Crippen molar-refractivity contribution in [3.63, 3.8) is 0 Å². The monoisotopic (exact) mass is 476 g/mol. The van der Waals surface area contributed by atoms with Gasteiger partial charge < -0.3 is 14.6 Å². The van der Waals surface area contributed by atoms with Gasteiger partial charge >= 0.3 is 5.97 Å². The molecule has 0 amide bonds. The van der Waals surface area contributed by atoms with Crippen molar-refractivity contribution >= 4 is 23.0 Å². The van der Waals surface area contributed by atoms with E-state index in [2.05, 4.69) is 38.6 Å². The Morgan fingerprint density at radius 3 is 2.26 bits per heavy atom. The molecule has 3 saturated heterocycles. The lowest BCUT2D eigenvalue weighted by molar-refractivity contribution is -0.138. The van der Waals surface area contributed by atoms with Crippen molar-refractivity contribution in [3.05, 3.63) is 24.3 Å². The van der Waals surface area contributed by atoms with Crippen LogP contribution in [0.25, 0.3) is 11.0 Å². The van der Waals surface area contributed by atoms with Crippen molar-refractivity contribution in [2.24, 2.45) is 11.8 Å². The van der Waals surface area contributed by atoms with Crippen LogP contribution >= 0.6 is 0 Å². The molecule has 4 heterocycles. The second kappa shape index (κ2) is 8.79. The number of carboxylic acid groups (broad SMARTS) is 1. The maximum Gasteiger partial charge on any atom is 0.326 e. The van der Waals surface area contributed by atoms with Crippen molar-refractivity contribution in [3.8, 4) is 0 Å². The Balaban J connectivity index is 1.22. The molecule has 2 saturated carbocycles. The Labute approximate surface area is 208 Å². The number of aliphatic carboxylic acids is 1. The van der Waals surface area contributed by atoms with Gasteiger partial charge in [-0.05, 0) is 81.8 Å². The first-order chi connectivity index (χ1) is 17.2. The van der Waals surface area contributed by atoms with Gasteiger partial charge in [0.05, 0.1) is 11.0 Å². The lowest BCUT2D eigenvalue weighted by atomic mass is 9.68. The van der Waals surface area contributed by atoms with Gasteiger partial charge in [-0.15, -0.1) is 0 Å². The van der Waals surface area contributed by atoms with Gasteiger partial charge in [-0.3, -0.25) is 4.90 Å². The van der Waals surface area contributed by atoms with Crippen LogP contribution in [0.5, 0.6) is 0 Å². The molecule has 35 heavy (non-hydrogen) atoms. The van der Waals surface area contributed by atoms with Crippen LogP contribution in [0.15, 0.2) is 24.3 Å². The average Bonchev–Trinajstić information content (AvgIpc) is 3.48. The average molecular weight is 477 g/mol. The van der Waals surface area contributed by atoms with Crippen molar-refractivity contribution in [2.75, 3.05) is 11.4 Å². The summed E-state index contributed by atoms with van der Waals surface area (Å²) >= 11 is 0. The Hall–Kier alpha value is -2.08. The van der Waals surface area contributed by atoms with E-state index in [4.69, 9.17) is 4.98 Å². The van der Waals surface area contributed by atoms with Gasteiger partial charge in [0.15, 0.2) is 0 Å². The van der Waals surface area contributed by atoms with E-state index in [0.717, 1.165) is 42.3 Å². The maximum atomic E-state index is 12.1. The molecule has 4 bridgehead atoms. The molecule has 0 radical (unpaired) electrons. The van der Waals surface area contributed by atoms with Gasteiger partial charge in [-0.2, -0.15) is 0 Å². The number of hydrogen-bond acceptors (Lipinski definition) is 4. The fraction of sp³-hybridized carbons (Fsp3) is 0.724. The SMILES string of the molecule is O=C(O)[C@@H]1CCCN1c1nc2ccccc2n1C1C[C@H]2CCC[C@@H](C1)N2C1C[C@H]2CCC[C@@H](C1)C2. The largest absolute Gasteiger partial charge is 0.480 e. The second-order valence-corrected chi connectivity index (χ2v) is 12.3. The van der Waals surface area contributed by atoms with Crippen molar-refractivity contribution in [1.82, 2.24) is 14.5 Å². The van der Waals surface area contributed by atoms with Crippen LogP contribution in [0.3, 0.4) is 0 Å². The Morgan fingerprint density at radius 2 is 1.51 bits per heavy atom. The van der Waals surface area contributed by atoms with Crippen LogP contribution in [-0.2, 0) is 4.79 Å². The molecule has 1 aromatic heterocycles. The minimum absolute atomic E-state index is 0.405. The topological polar surface area (TPSA) is 61.6 Å². The number of rotatable bonds is 4. The van der Waals surface area contributed by atoms with Crippen molar-refractivity contribution in [1.29, 1.82) is 0 Å². The summed E-state index contributed by atoms with van der Waals surface area (Å²) < 4.78 is 2.47. The van der Waals surface area contributed by atoms with Crippen LogP contribution in [0.1, 0.15) is 89.5 Å². The highest BCUT2D eigenvalue weighted by Crippen LogP contribution is 2.48. The van der Waals surface area contributed by atoms with Crippen LogP contribution < -0.4 is 4.90 Å². The number of nitrogens with zero attached hydrogens (tertiary/aromatic N) is 4. The lowest BCUT2D eigenvalue weighted by Crippen LogP contribution is -2.58. The molecule has 7 rings (SSSR count). The highest BCUT2D eigenvalue weighted by molar-refractivity contribution is 5.82. The lowest BCUT2D eigenvalue weighted by Gasteiger charge is -2.55. The summed E-state index contributed by atoms with van der Waals surface area (Å²) in [6.07, 6.45) is 16.8. The van der Waals surface area contributed by atoms with E-state index in [-0.39, 0.29) is 0 Å². The minimum atomic E-state index is -0.712. The number of aromatic nitrogens is 2. The highest BCUT2D eigenvalue weighted by Gasteiger charge is 2.46. The quantitative estimate of drug-likeness (QED) is 0.621. The van der Waals surface area contributed by atoms with E-state index < -0.39 is 12.0 Å². The fourth-order valence-electron chi connectivity index (χ4n) is 8.99. The van der Waals surface area contributed by atoms with E-state index in [1.54, 1.807) is 0 Å². The third-order valence-electron chi connectivity index (χ3n) is 10.3. The van der Waals surface area contributed by atoms with E-state index >= 15 is 0 Å². The fourth-order valence-corrected chi connectivity index (χ4v) is 8.99. The molecule has 1 N–H and O–H groups in total. The molecule has 3 aliphatic heterocycles. The zero-order valence-corrected chi connectivity index (χ0v) is 20.9. The van der Waals surface area contributed by atoms with Crippen LogP contribution in [-0.4, -0.2) is 56.2 Å². The van der Waals surface area contributed by atoms with E-state index in [1.165, 1.54) is 76.1 Å². The van der Waals surface area contributed by atoms with Crippen molar-refractivity contribution < 1.29 is 9.90 Å². The van der Waals surface area contributed by atoms with Gasteiger partial charge in [0, 0.05) is 30.7 Å². The molecule has 1 aromatic carbocycles. The van der Waals surface area contributed by atoms with Crippen LogP contribution in [0, 0.1) is 11.8 Å². The molecule has 6 heteroatoms. The molecule has 5 aliphatic rings. The molecule has 7 atom stereocenters. The minimum Gasteiger partial charge on any atom is -0.480 e. The van der Waals surface area contributed by atoms with Gasteiger partial charge in [-0.1, -0.05) is 37.8 Å². The Kier molecular flexibility index (Phi) is 5.56. The van der Waals surface area contributed by atoms with Gasteiger partial charge in [0.2, 0.25) is 5.95 Å². The summed E-state index contributed by atoms with van der Waals surface area (Å²) in [5, 5.41) is 9.91. The number of carboxylic acids is 1. The smallest absolute Gasteiger partial charge is 0.326 e. The number of fused-ring (bicyclic) bond motifs is 5. The predicted molar refractivity (Wildman–Crippen MR) is 138 cm³/mol. The Bertz CT molecular complexity index is 1070. The summed E-state index contributed by atoms with van der Waals surface area (Å²) in [7, 11) is 0.